The molecule has 27 heavy (non-hydrogen) atoms. The van der Waals surface area contributed by atoms with Gasteiger partial charge in [0.05, 0.1) is 11.5 Å². The molecule has 0 fully saturated rings. The van der Waals surface area contributed by atoms with Gasteiger partial charge in [-0.1, -0.05) is 6.92 Å². The lowest BCUT2D eigenvalue weighted by molar-refractivity contribution is -0.155. The SMILES string of the molecule is CCC(C)N(CC(=O)OC(C)(C)C)S(=O)(=O)c1ccc(OCCOC)cc1. The van der Waals surface area contributed by atoms with E-state index in [4.69, 9.17) is 14.2 Å². The van der Waals surface area contributed by atoms with Gasteiger partial charge in [-0.15, -0.1) is 0 Å². The molecule has 0 aliphatic carbocycles. The zero-order chi connectivity index (χ0) is 20.7. The lowest BCUT2D eigenvalue weighted by Crippen LogP contribution is -2.43. The quantitative estimate of drug-likeness (QED) is 0.443. The Labute approximate surface area is 162 Å². The summed E-state index contributed by atoms with van der Waals surface area (Å²) in [7, 11) is -2.28. The van der Waals surface area contributed by atoms with E-state index in [2.05, 4.69) is 0 Å². The van der Waals surface area contributed by atoms with Crippen LogP contribution in [0.2, 0.25) is 0 Å². The number of nitrogens with zero attached hydrogens (tertiary/aromatic N) is 1. The number of hydrogen-bond donors (Lipinski definition) is 0. The zero-order valence-electron chi connectivity index (χ0n) is 17.0. The van der Waals surface area contributed by atoms with E-state index in [1.54, 1.807) is 46.9 Å². The summed E-state index contributed by atoms with van der Waals surface area (Å²) in [4.78, 5) is 12.3. The largest absolute Gasteiger partial charge is 0.491 e. The molecular weight excluding hydrogens is 370 g/mol. The average molecular weight is 402 g/mol. The summed E-state index contributed by atoms with van der Waals surface area (Å²) >= 11 is 0. The van der Waals surface area contributed by atoms with Crippen molar-refractivity contribution in [2.45, 2.75) is 57.6 Å². The first-order valence-electron chi connectivity index (χ1n) is 8.96. The molecule has 0 saturated heterocycles. The first-order valence-corrected chi connectivity index (χ1v) is 10.4. The first-order chi connectivity index (χ1) is 12.5. The van der Waals surface area contributed by atoms with E-state index in [1.165, 1.54) is 16.4 Å². The summed E-state index contributed by atoms with van der Waals surface area (Å²) in [5.74, 6) is -0.0286. The summed E-state index contributed by atoms with van der Waals surface area (Å²) in [6, 6.07) is 5.78. The highest BCUT2D eigenvalue weighted by atomic mass is 32.2. The smallest absolute Gasteiger partial charge is 0.321 e. The third-order valence-corrected chi connectivity index (χ3v) is 5.75. The number of rotatable bonds is 10. The Hall–Kier alpha value is -1.64. The van der Waals surface area contributed by atoms with Gasteiger partial charge < -0.3 is 14.2 Å². The van der Waals surface area contributed by atoms with Gasteiger partial charge in [0, 0.05) is 13.2 Å². The van der Waals surface area contributed by atoms with Gasteiger partial charge >= 0.3 is 5.97 Å². The summed E-state index contributed by atoms with van der Waals surface area (Å²) < 4.78 is 43.0. The molecule has 0 heterocycles. The second-order valence-corrected chi connectivity index (χ2v) is 9.10. The van der Waals surface area contributed by atoms with E-state index in [0.717, 1.165) is 0 Å². The van der Waals surface area contributed by atoms with Crippen molar-refractivity contribution in [1.29, 1.82) is 0 Å². The minimum absolute atomic E-state index is 0.102. The minimum Gasteiger partial charge on any atom is -0.491 e. The molecule has 0 spiro atoms. The number of ether oxygens (including phenoxy) is 3. The van der Waals surface area contributed by atoms with E-state index in [1.807, 2.05) is 6.92 Å². The van der Waals surface area contributed by atoms with Crippen molar-refractivity contribution in [2.75, 3.05) is 26.9 Å². The predicted molar refractivity (Wildman–Crippen MR) is 103 cm³/mol. The van der Waals surface area contributed by atoms with Crippen molar-refractivity contribution in [2.24, 2.45) is 0 Å². The van der Waals surface area contributed by atoms with Gasteiger partial charge in [-0.2, -0.15) is 4.31 Å². The fraction of sp³-hybridized carbons (Fsp3) is 0.632. The van der Waals surface area contributed by atoms with Gasteiger partial charge in [-0.25, -0.2) is 8.42 Å². The van der Waals surface area contributed by atoms with Crippen LogP contribution in [-0.2, 0) is 24.3 Å². The van der Waals surface area contributed by atoms with E-state index in [0.29, 0.717) is 25.4 Å². The number of sulfonamides is 1. The van der Waals surface area contributed by atoms with Crippen LogP contribution in [0.4, 0.5) is 0 Å². The first kappa shape index (κ1) is 23.4. The van der Waals surface area contributed by atoms with Gasteiger partial charge in [0.25, 0.3) is 0 Å². The molecule has 0 saturated carbocycles. The number of benzene rings is 1. The van der Waals surface area contributed by atoms with Crippen LogP contribution in [0, 0.1) is 0 Å². The van der Waals surface area contributed by atoms with Crippen LogP contribution in [0.1, 0.15) is 41.0 Å². The second-order valence-electron chi connectivity index (χ2n) is 7.21. The maximum atomic E-state index is 13.1. The average Bonchev–Trinajstić information content (AvgIpc) is 2.58. The van der Waals surface area contributed by atoms with Crippen LogP contribution in [0.25, 0.3) is 0 Å². The monoisotopic (exact) mass is 401 g/mol. The molecule has 1 rings (SSSR count). The highest BCUT2D eigenvalue weighted by molar-refractivity contribution is 7.89. The molecule has 7 nitrogen and oxygen atoms in total. The van der Waals surface area contributed by atoms with Crippen molar-refractivity contribution in [3.05, 3.63) is 24.3 Å². The molecule has 0 aliphatic rings. The molecule has 0 N–H and O–H groups in total. The molecule has 0 aromatic heterocycles. The summed E-state index contributed by atoms with van der Waals surface area (Å²) in [6.07, 6.45) is 0.570. The number of carbonyl (C=O) groups is 1. The third kappa shape index (κ3) is 7.48. The molecule has 0 amide bonds. The molecule has 1 aromatic carbocycles. The number of esters is 1. The number of carbonyl (C=O) groups excluding carboxylic acids is 1. The molecule has 0 aliphatic heterocycles. The standard InChI is InChI=1S/C19H31NO6S/c1-7-15(2)20(14-18(21)26-19(3,4)5)27(22,23)17-10-8-16(9-11-17)25-13-12-24-6/h8-11,15H,7,12-14H2,1-6H3. The Morgan fingerprint density at radius 1 is 1.15 bits per heavy atom. The van der Waals surface area contributed by atoms with E-state index in [9.17, 15) is 13.2 Å². The van der Waals surface area contributed by atoms with Crippen LogP contribution in [0.15, 0.2) is 29.2 Å². The molecule has 1 aromatic rings. The van der Waals surface area contributed by atoms with Crippen molar-refractivity contribution >= 4 is 16.0 Å². The topological polar surface area (TPSA) is 82.1 Å². The Balaban J connectivity index is 3.01. The fourth-order valence-corrected chi connectivity index (χ4v) is 3.92. The Morgan fingerprint density at radius 3 is 2.22 bits per heavy atom. The van der Waals surface area contributed by atoms with Gasteiger partial charge in [0.1, 0.15) is 24.5 Å². The van der Waals surface area contributed by atoms with E-state index < -0.39 is 21.6 Å². The molecule has 1 unspecified atom stereocenters. The molecule has 0 radical (unpaired) electrons. The van der Waals surface area contributed by atoms with Gasteiger partial charge in [-0.05, 0) is 58.4 Å². The Kier molecular flexibility index (Phi) is 8.71. The molecule has 154 valence electrons. The van der Waals surface area contributed by atoms with Gasteiger partial charge in [0.2, 0.25) is 10.0 Å². The predicted octanol–water partition coefficient (Wildman–Crippen LogP) is 2.84. The minimum atomic E-state index is -3.85. The van der Waals surface area contributed by atoms with Crippen LogP contribution >= 0.6 is 0 Å². The summed E-state index contributed by atoms with van der Waals surface area (Å²) in [6.45, 7) is 9.36. The number of methoxy groups -OCH3 is 1. The fourth-order valence-electron chi connectivity index (χ4n) is 2.27. The van der Waals surface area contributed by atoms with Crippen molar-refractivity contribution < 1.29 is 27.4 Å². The lowest BCUT2D eigenvalue weighted by Gasteiger charge is -2.28. The lowest BCUT2D eigenvalue weighted by atomic mass is 10.2. The van der Waals surface area contributed by atoms with Crippen molar-refractivity contribution in [1.82, 2.24) is 4.31 Å². The normalized spacial score (nSPS) is 13.4. The maximum Gasteiger partial charge on any atom is 0.321 e. The molecule has 0 bridgehead atoms. The van der Waals surface area contributed by atoms with Crippen LogP contribution in [0.5, 0.6) is 5.75 Å². The van der Waals surface area contributed by atoms with E-state index >= 15 is 0 Å². The van der Waals surface area contributed by atoms with Gasteiger partial charge in [0.15, 0.2) is 0 Å². The highest BCUT2D eigenvalue weighted by Crippen LogP contribution is 2.23. The zero-order valence-corrected chi connectivity index (χ0v) is 17.8. The third-order valence-electron chi connectivity index (χ3n) is 3.77. The van der Waals surface area contributed by atoms with Crippen molar-refractivity contribution in [3.63, 3.8) is 0 Å². The Morgan fingerprint density at radius 2 is 1.74 bits per heavy atom. The molecular formula is C19H31NO6S. The summed E-state index contributed by atoms with van der Waals surface area (Å²) in [5.41, 5.74) is -0.677. The van der Waals surface area contributed by atoms with Gasteiger partial charge in [-0.3, -0.25) is 4.79 Å². The Bertz CT molecular complexity index is 694. The molecule has 1 atom stereocenters. The summed E-state index contributed by atoms with van der Waals surface area (Å²) in [5, 5.41) is 0. The van der Waals surface area contributed by atoms with Crippen LogP contribution in [-0.4, -0.2) is 57.2 Å². The maximum absolute atomic E-state index is 13.1. The second kappa shape index (κ2) is 10.1. The van der Waals surface area contributed by atoms with Crippen LogP contribution in [0.3, 0.4) is 0 Å². The van der Waals surface area contributed by atoms with Crippen LogP contribution < -0.4 is 4.74 Å². The highest BCUT2D eigenvalue weighted by Gasteiger charge is 2.32. The van der Waals surface area contributed by atoms with Crippen molar-refractivity contribution in [3.8, 4) is 5.75 Å². The van der Waals surface area contributed by atoms with E-state index in [-0.39, 0.29) is 17.5 Å². The number of hydrogen-bond acceptors (Lipinski definition) is 6. The molecule has 8 heteroatoms.